The summed E-state index contributed by atoms with van der Waals surface area (Å²) in [5.41, 5.74) is 0.710. The van der Waals surface area contributed by atoms with Crippen LogP contribution in [0.1, 0.15) is 5.56 Å². The van der Waals surface area contributed by atoms with Crippen molar-refractivity contribution in [2.75, 3.05) is 4.72 Å². The largest absolute Gasteiger partial charge is 0.264 e. The van der Waals surface area contributed by atoms with E-state index in [0.717, 1.165) is 0 Å². The maximum atomic E-state index is 12.1. The van der Waals surface area contributed by atoms with Crippen LogP contribution in [0.15, 0.2) is 41.4 Å². The van der Waals surface area contributed by atoms with Gasteiger partial charge in [-0.1, -0.05) is 18.2 Å². The summed E-state index contributed by atoms with van der Waals surface area (Å²) in [5.74, 6) is 0.438. The van der Waals surface area contributed by atoms with E-state index >= 15 is 0 Å². The van der Waals surface area contributed by atoms with Crippen LogP contribution in [0.4, 0.5) is 5.82 Å². The quantitative estimate of drug-likeness (QED) is 0.899. The molecule has 0 spiro atoms. The van der Waals surface area contributed by atoms with Crippen LogP contribution in [0.25, 0.3) is 0 Å². The number of rotatable bonds is 3. The number of aromatic nitrogens is 2. The lowest BCUT2D eigenvalue weighted by molar-refractivity contribution is 0.599. The van der Waals surface area contributed by atoms with Crippen LogP contribution in [0, 0.1) is 6.92 Å². The molecule has 0 radical (unpaired) electrons. The minimum absolute atomic E-state index is 0.279. The number of aryl methyl sites for hydroxylation is 2. The molecule has 0 fully saturated rings. The average molecular weight is 251 g/mol. The summed E-state index contributed by atoms with van der Waals surface area (Å²) in [6.07, 6.45) is 1.54. The number of hydrogen-bond acceptors (Lipinski definition) is 3. The molecule has 0 amide bonds. The highest BCUT2D eigenvalue weighted by Crippen LogP contribution is 2.18. The first kappa shape index (κ1) is 11.7. The monoisotopic (exact) mass is 251 g/mol. The number of benzene rings is 1. The Morgan fingerprint density at radius 2 is 1.94 bits per heavy atom. The molecule has 90 valence electrons. The van der Waals surface area contributed by atoms with Crippen molar-refractivity contribution in [1.29, 1.82) is 0 Å². The maximum Gasteiger partial charge on any atom is 0.263 e. The van der Waals surface area contributed by atoms with Gasteiger partial charge in [0, 0.05) is 13.1 Å². The van der Waals surface area contributed by atoms with Crippen molar-refractivity contribution >= 4 is 15.8 Å². The van der Waals surface area contributed by atoms with E-state index in [1.807, 2.05) is 0 Å². The molecule has 2 aromatic rings. The summed E-state index contributed by atoms with van der Waals surface area (Å²) in [6, 6.07) is 8.45. The van der Waals surface area contributed by atoms with Crippen LogP contribution in [0.5, 0.6) is 0 Å². The van der Waals surface area contributed by atoms with Gasteiger partial charge in [0.1, 0.15) is 5.82 Å². The van der Waals surface area contributed by atoms with Gasteiger partial charge in [-0.3, -0.25) is 9.40 Å². The van der Waals surface area contributed by atoms with E-state index in [4.69, 9.17) is 0 Å². The molecule has 0 unspecified atom stereocenters. The topological polar surface area (TPSA) is 64.0 Å². The van der Waals surface area contributed by atoms with Gasteiger partial charge in [-0.05, 0) is 18.6 Å². The molecule has 1 aromatic heterocycles. The number of anilines is 1. The van der Waals surface area contributed by atoms with Crippen molar-refractivity contribution in [2.45, 2.75) is 11.8 Å². The molecule has 0 aliphatic rings. The average Bonchev–Trinajstić information content (AvgIpc) is 2.64. The lowest BCUT2D eigenvalue weighted by Gasteiger charge is -2.09. The molecular formula is C11H13N3O2S. The second-order valence-electron chi connectivity index (χ2n) is 3.71. The fourth-order valence-electron chi connectivity index (χ4n) is 1.52. The van der Waals surface area contributed by atoms with Crippen molar-refractivity contribution in [1.82, 2.24) is 9.78 Å². The van der Waals surface area contributed by atoms with E-state index in [1.54, 1.807) is 44.3 Å². The van der Waals surface area contributed by atoms with Gasteiger partial charge < -0.3 is 0 Å². The van der Waals surface area contributed by atoms with Crippen molar-refractivity contribution in [3.05, 3.63) is 42.1 Å². The summed E-state index contributed by atoms with van der Waals surface area (Å²) in [5, 5.41) is 3.91. The van der Waals surface area contributed by atoms with Gasteiger partial charge in [0.05, 0.1) is 11.1 Å². The Morgan fingerprint density at radius 3 is 2.53 bits per heavy atom. The van der Waals surface area contributed by atoms with Crippen LogP contribution in [0.2, 0.25) is 0 Å². The van der Waals surface area contributed by atoms with Gasteiger partial charge in [-0.15, -0.1) is 0 Å². The Kier molecular flexibility index (Phi) is 2.89. The fraction of sp³-hybridized carbons (Fsp3) is 0.182. The number of sulfonamides is 1. The predicted octanol–water partition coefficient (Wildman–Crippen LogP) is 1.53. The van der Waals surface area contributed by atoms with E-state index < -0.39 is 10.0 Å². The van der Waals surface area contributed by atoms with Gasteiger partial charge in [0.2, 0.25) is 0 Å². The fourth-order valence-corrected chi connectivity index (χ4v) is 2.86. The second-order valence-corrected chi connectivity index (χ2v) is 5.36. The van der Waals surface area contributed by atoms with Crippen LogP contribution >= 0.6 is 0 Å². The van der Waals surface area contributed by atoms with Crippen molar-refractivity contribution in [3.63, 3.8) is 0 Å². The minimum atomic E-state index is -3.55. The molecule has 17 heavy (non-hydrogen) atoms. The molecule has 0 saturated carbocycles. The van der Waals surface area contributed by atoms with Gasteiger partial charge >= 0.3 is 0 Å². The Balaban J connectivity index is 2.39. The first-order valence-corrected chi connectivity index (χ1v) is 6.55. The van der Waals surface area contributed by atoms with Gasteiger partial charge in [-0.2, -0.15) is 5.10 Å². The lowest BCUT2D eigenvalue weighted by Crippen LogP contribution is -2.16. The van der Waals surface area contributed by atoms with Crippen LogP contribution in [-0.2, 0) is 17.1 Å². The normalized spacial score (nSPS) is 11.4. The zero-order valence-electron chi connectivity index (χ0n) is 9.58. The smallest absolute Gasteiger partial charge is 0.263 e. The Bertz CT molecular complexity index is 632. The third-order valence-corrected chi connectivity index (χ3v) is 3.96. The van der Waals surface area contributed by atoms with Gasteiger partial charge in [0.15, 0.2) is 0 Å². The van der Waals surface area contributed by atoms with Gasteiger partial charge in [-0.25, -0.2) is 8.42 Å². The first-order valence-electron chi connectivity index (χ1n) is 5.07. The van der Waals surface area contributed by atoms with Crippen molar-refractivity contribution in [2.24, 2.45) is 7.05 Å². The number of nitrogens with zero attached hydrogens (tertiary/aromatic N) is 2. The third kappa shape index (κ3) is 2.31. The van der Waals surface area contributed by atoms with Crippen LogP contribution in [-0.4, -0.2) is 18.2 Å². The summed E-state index contributed by atoms with van der Waals surface area (Å²) in [7, 11) is -1.87. The molecule has 1 heterocycles. The molecule has 2 rings (SSSR count). The Hall–Kier alpha value is -1.82. The van der Waals surface area contributed by atoms with E-state index in [2.05, 4.69) is 9.82 Å². The highest BCUT2D eigenvalue weighted by Gasteiger charge is 2.17. The maximum absolute atomic E-state index is 12.1. The summed E-state index contributed by atoms with van der Waals surface area (Å²) in [6.45, 7) is 1.76. The molecule has 5 nitrogen and oxygen atoms in total. The van der Waals surface area contributed by atoms with Crippen molar-refractivity contribution < 1.29 is 8.42 Å². The second kappa shape index (κ2) is 4.21. The summed E-state index contributed by atoms with van der Waals surface area (Å²) < 4.78 is 28.2. The highest BCUT2D eigenvalue weighted by atomic mass is 32.2. The molecule has 1 N–H and O–H groups in total. The predicted molar refractivity (Wildman–Crippen MR) is 65.2 cm³/mol. The molecule has 0 atom stereocenters. The van der Waals surface area contributed by atoms with Crippen molar-refractivity contribution in [3.8, 4) is 0 Å². The molecule has 0 bridgehead atoms. The zero-order chi connectivity index (χ0) is 12.5. The molecule has 0 aliphatic heterocycles. The van der Waals surface area contributed by atoms with Crippen LogP contribution in [0.3, 0.4) is 0 Å². The molecule has 0 saturated heterocycles. The lowest BCUT2D eigenvalue weighted by atomic mass is 10.2. The van der Waals surface area contributed by atoms with E-state index in [1.165, 1.54) is 10.9 Å². The molecule has 1 aromatic carbocycles. The number of nitrogens with one attached hydrogen (secondary N) is 1. The molecule has 6 heteroatoms. The third-order valence-electron chi connectivity index (χ3n) is 2.44. The van der Waals surface area contributed by atoms with E-state index in [0.29, 0.717) is 11.4 Å². The standard InChI is InChI=1S/C11H13N3O2S/c1-9-5-3-4-6-10(9)17(15,16)13-11-7-8-12-14(11)2/h3-8,13H,1-2H3. The Labute approximate surface area is 100 Å². The van der Waals surface area contributed by atoms with Crippen LogP contribution < -0.4 is 4.72 Å². The van der Waals surface area contributed by atoms with E-state index in [-0.39, 0.29) is 4.90 Å². The minimum Gasteiger partial charge on any atom is -0.264 e. The van der Waals surface area contributed by atoms with E-state index in [9.17, 15) is 8.42 Å². The zero-order valence-corrected chi connectivity index (χ0v) is 10.4. The summed E-state index contributed by atoms with van der Waals surface area (Å²) >= 11 is 0. The Morgan fingerprint density at radius 1 is 1.24 bits per heavy atom. The SMILES string of the molecule is Cc1ccccc1S(=O)(=O)Nc1ccnn1C. The number of hydrogen-bond donors (Lipinski definition) is 1. The molecular weight excluding hydrogens is 238 g/mol. The summed E-state index contributed by atoms with van der Waals surface area (Å²) in [4.78, 5) is 0.279. The first-order chi connectivity index (χ1) is 8.00. The van der Waals surface area contributed by atoms with Gasteiger partial charge in [0.25, 0.3) is 10.0 Å². The molecule has 0 aliphatic carbocycles. The highest BCUT2D eigenvalue weighted by molar-refractivity contribution is 7.92.